The van der Waals surface area contributed by atoms with Crippen LogP contribution in [-0.4, -0.2) is 24.8 Å². The Morgan fingerprint density at radius 2 is 1.06 bits per heavy atom. The van der Waals surface area contributed by atoms with Gasteiger partial charge in [0.2, 0.25) is 0 Å². The van der Waals surface area contributed by atoms with E-state index in [1.165, 1.54) is 12.1 Å². The van der Waals surface area contributed by atoms with E-state index in [-0.39, 0.29) is 11.6 Å². The molecule has 0 radical (unpaired) electrons. The minimum absolute atomic E-state index is 0.334. The van der Waals surface area contributed by atoms with Crippen molar-refractivity contribution < 1.29 is 32.0 Å². The number of halogens is 2. The van der Waals surface area contributed by atoms with Gasteiger partial charge in [0, 0.05) is 15.7 Å². The van der Waals surface area contributed by atoms with Gasteiger partial charge in [-0.05, 0) is 37.8 Å². The fourth-order valence-electron chi connectivity index (χ4n) is 5.59. The number of rotatable bonds is 10. The quantitative estimate of drug-likeness (QED) is 0.376. The SMILES string of the molecule is O=C(CO[P+](=O)OCC(=O)C1(c2ccccc2F)CCCC1)C1(c2ccccc2F)CCCC1. The van der Waals surface area contributed by atoms with Crippen molar-refractivity contribution in [2.24, 2.45) is 0 Å². The van der Waals surface area contributed by atoms with E-state index in [9.17, 15) is 22.9 Å². The average molecular weight is 489 g/mol. The van der Waals surface area contributed by atoms with Crippen molar-refractivity contribution >= 4 is 19.8 Å². The highest BCUT2D eigenvalue weighted by Crippen LogP contribution is 2.45. The van der Waals surface area contributed by atoms with Gasteiger partial charge in [-0.25, -0.2) is 8.78 Å². The zero-order valence-electron chi connectivity index (χ0n) is 18.9. The third-order valence-electron chi connectivity index (χ3n) is 7.36. The average Bonchev–Trinajstić information content (AvgIpc) is 3.53. The molecule has 0 saturated heterocycles. The van der Waals surface area contributed by atoms with Gasteiger partial charge in [0.15, 0.2) is 24.8 Å². The van der Waals surface area contributed by atoms with Crippen LogP contribution in [0.4, 0.5) is 8.78 Å². The first-order valence-electron chi connectivity index (χ1n) is 11.7. The van der Waals surface area contributed by atoms with Gasteiger partial charge in [-0.1, -0.05) is 62.1 Å². The monoisotopic (exact) mass is 489 g/mol. The first-order chi connectivity index (χ1) is 16.4. The third kappa shape index (κ3) is 4.74. The Labute approximate surface area is 198 Å². The predicted octanol–water partition coefficient (Wildman–Crippen LogP) is 6.12. The second kappa shape index (κ2) is 10.5. The summed E-state index contributed by atoms with van der Waals surface area (Å²) in [6, 6.07) is 12.4. The van der Waals surface area contributed by atoms with Crippen LogP contribution in [-0.2, 0) is 34.0 Å². The van der Waals surface area contributed by atoms with Crippen molar-refractivity contribution in [3.8, 4) is 0 Å². The molecule has 8 heteroatoms. The van der Waals surface area contributed by atoms with E-state index in [1.807, 2.05) is 0 Å². The highest BCUT2D eigenvalue weighted by molar-refractivity contribution is 7.33. The van der Waals surface area contributed by atoms with Crippen molar-refractivity contribution in [3.05, 3.63) is 71.3 Å². The summed E-state index contributed by atoms with van der Waals surface area (Å²) in [5, 5.41) is 0. The maximum Gasteiger partial charge on any atom is 0.698 e. The Hall–Kier alpha value is -2.34. The van der Waals surface area contributed by atoms with Crippen molar-refractivity contribution in [3.63, 3.8) is 0 Å². The smallest absolute Gasteiger partial charge is 0.296 e. The van der Waals surface area contributed by atoms with Crippen molar-refractivity contribution in [1.29, 1.82) is 0 Å². The van der Waals surface area contributed by atoms with Crippen LogP contribution in [0.1, 0.15) is 62.5 Å². The lowest BCUT2D eigenvalue weighted by Gasteiger charge is -2.27. The molecule has 2 aliphatic carbocycles. The lowest BCUT2D eigenvalue weighted by atomic mass is 9.75. The molecule has 0 amide bonds. The first-order valence-corrected chi connectivity index (χ1v) is 12.8. The third-order valence-corrected chi connectivity index (χ3v) is 8.04. The molecule has 2 saturated carbocycles. The van der Waals surface area contributed by atoms with Crippen LogP contribution in [0.5, 0.6) is 0 Å². The molecular weight excluding hydrogens is 461 g/mol. The Morgan fingerprint density at radius 1 is 0.706 bits per heavy atom. The number of hydrogen-bond acceptors (Lipinski definition) is 5. The lowest BCUT2D eigenvalue weighted by molar-refractivity contribution is -0.127. The van der Waals surface area contributed by atoms with E-state index in [4.69, 9.17) is 9.05 Å². The highest BCUT2D eigenvalue weighted by Gasteiger charge is 2.47. The minimum atomic E-state index is -2.75. The summed E-state index contributed by atoms with van der Waals surface area (Å²) in [7, 11) is -2.75. The first kappa shape index (κ1) is 24.8. The molecule has 2 aromatic carbocycles. The lowest BCUT2D eigenvalue weighted by Crippen LogP contribution is -2.37. The minimum Gasteiger partial charge on any atom is -0.296 e. The second-order valence-electron chi connectivity index (χ2n) is 9.15. The van der Waals surface area contributed by atoms with Crippen LogP contribution >= 0.6 is 8.25 Å². The molecule has 0 bridgehead atoms. The Kier molecular flexibility index (Phi) is 7.66. The van der Waals surface area contributed by atoms with Gasteiger partial charge in [0.25, 0.3) is 0 Å². The maximum absolute atomic E-state index is 14.5. The fraction of sp³-hybridized carbons (Fsp3) is 0.462. The normalized spacial score (nSPS) is 18.6. The number of benzene rings is 2. The van der Waals surface area contributed by atoms with Crippen LogP contribution in [0.2, 0.25) is 0 Å². The Balaban J connectivity index is 1.38. The van der Waals surface area contributed by atoms with Crippen LogP contribution in [0, 0.1) is 11.6 Å². The molecule has 0 spiro atoms. The zero-order valence-corrected chi connectivity index (χ0v) is 19.8. The van der Waals surface area contributed by atoms with Crippen LogP contribution in [0.3, 0.4) is 0 Å². The molecule has 34 heavy (non-hydrogen) atoms. The maximum atomic E-state index is 14.5. The van der Waals surface area contributed by atoms with Crippen molar-refractivity contribution in [1.82, 2.24) is 0 Å². The number of hydrogen-bond donors (Lipinski definition) is 0. The van der Waals surface area contributed by atoms with Crippen molar-refractivity contribution in [2.45, 2.75) is 62.2 Å². The molecule has 2 fully saturated rings. The highest BCUT2D eigenvalue weighted by atomic mass is 31.1. The summed E-state index contributed by atoms with van der Waals surface area (Å²) < 4.78 is 51.6. The molecule has 0 atom stereocenters. The molecule has 0 N–H and O–H groups in total. The van der Waals surface area contributed by atoms with E-state index < -0.39 is 43.9 Å². The predicted molar refractivity (Wildman–Crippen MR) is 123 cm³/mol. The number of Topliss-reactive ketones (excluding diaryl/α,β-unsaturated/α-hetero) is 2. The molecule has 0 aliphatic heterocycles. The molecule has 2 aromatic rings. The van der Waals surface area contributed by atoms with E-state index in [2.05, 4.69) is 0 Å². The second-order valence-corrected chi connectivity index (χ2v) is 10.1. The molecule has 0 heterocycles. The van der Waals surface area contributed by atoms with Crippen molar-refractivity contribution in [2.75, 3.05) is 13.2 Å². The molecule has 0 unspecified atom stereocenters. The van der Waals surface area contributed by atoms with Gasteiger partial charge in [-0.2, -0.15) is 0 Å². The molecular formula is C26H28F2O5P+. The van der Waals surface area contributed by atoms with Crippen LogP contribution in [0.25, 0.3) is 0 Å². The Morgan fingerprint density at radius 3 is 1.41 bits per heavy atom. The van der Waals surface area contributed by atoms with Gasteiger partial charge in [0.1, 0.15) is 11.6 Å². The van der Waals surface area contributed by atoms with E-state index in [1.54, 1.807) is 36.4 Å². The summed E-state index contributed by atoms with van der Waals surface area (Å²) in [5.41, 5.74) is -1.34. The van der Waals surface area contributed by atoms with Gasteiger partial charge >= 0.3 is 8.25 Å². The summed E-state index contributed by atoms with van der Waals surface area (Å²) >= 11 is 0. The Bertz CT molecular complexity index is 991. The number of ketones is 2. The summed E-state index contributed by atoms with van der Waals surface area (Å²) in [6.45, 7) is -1.01. The molecule has 4 rings (SSSR count). The van der Waals surface area contributed by atoms with Gasteiger partial charge in [-0.15, -0.1) is 9.05 Å². The van der Waals surface area contributed by atoms with E-state index in [0.29, 0.717) is 36.8 Å². The topological polar surface area (TPSA) is 69.7 Å². The van der Waals surface area contributed by atoms with Crippen LogP contribution < -0.4 is 0 Å². The standard InChI is InChI=1S/C26H28F2O5P/c27-21-11-3-1-9-19(21)25(13-5-6-14-25)23(29)17-32-34(31)33-18-24(30)26(15-7-8-16-26)20-10-2-4-12-22(20)28/h1-4,9-12H,5-8,13-18H2/q+1. The van der Waals surface area contributed by atoms with Gasteiger partial charge in [-0.3, -0.25) is 9.59 Å². The fourth-order valence-corrected chi connectivity index (χ4v) is 6.11. The summed E-state index contributed by atoms with van der Waals surface area (Å²) in [5.74, 6) is -1.60. The zero-order chi connectivity index (χ0) is 24.2. The number of carbonyl (C=O) groups is 2. The summed E-state index contributed by atoms with van der Waals surface area (Å²) in [6.07, 6.45) is 5.14. The van der Waals surface area contributed by atoms with Gasteiger partial charge in [0.05, 0.1) is 10.8 Å². The molecule has 180 valence electrons. The van der Waals surface area contributed by atoms with Gasteiger partial charge < -0.3 is 0 Å². The largest absolute Gasteiger partial charge is 0.698 e. The number of carbonyl (C=O) groups excluding carboxylic acids is 2. The molecule has 5 nitrogen and oxygen atoms in total. The summed E-state index contributed by atoms with van der Waals surface area (Å²) in [4.78, 5) is 26.1. The molecule has 2 aliphatic rings. The molecule has 0 aromatic heterocycles. The van der Waals surface area contributed by atoms with E-state index >= 15 is 0 Å². The van der Waals surface area contributed by atoms with E-state index in [0.717, 1.165) is 25.7 Å². The van der Waals surface area contributed by atoms with Crippen LogP contribution in [0.15, 0.2) is 48.5 Å².